The average Bonchev–Trinajstić information content (AvgIpc) is 1.36. The number of hydrogen-bond acceptors (Lipinski definition) is 2. The molecule has 0 aliphatic carbocycles. The van der Waals surface area contributed by atoms with E-state index in [2.05, 4.69) is 0 Å². The molecule has 0 bridgehead atoms. The van der Waals surface area contributed by atoms with Crippen molar-refractivity contribution in [3.05, 3.63) is 0 Å². The van der Waals surface area contributed by atoms with Crippen LogP contribution in [0.3, 0.4) is 0 Å². The molecule has 0 radical (unpaired) electrons. The van der Waals surface area contributed by atoms with Crippen LogP contribution in [0, 0.1) is 0 Å². The summed E-state index contributed by atoms with van der Waals surface area (Å²) in [6.07, 6.45) is 0. The fourth-order valence-corrected chi connectivity index (χ4v) is 0. The molecule has 0 saturated heterocycles. The van der Waals surface area contributed by atoms with E-state index in [0.29, 0.717) is 0 Å². The van der Waals surface area contributed by atoms with E-state index in [1.54, 1.807) is 0 Å². The molecule has 9 heavy (non-hydrogen) atoms. The van der Waals surface area contributed by atoms with Crippen LogP contribution in [0.2, 0.25) is 0 Å². The first-order chi connectivity index (χ1) is 3.00. The van der Waals surface area contributed by atoms with Gasteiger partial charge >= 0.3 is 50.4 Å². The molecule has 0 unspecified atom stereocenters. The van der Waals surface area contributed by atoms with Crippen LogP contribution in [0.4, 0.5) is 0 Å². The van der Waals surface area contributed by atoms with E-state index < -0.39 is 7.82 Å². The van der Waals surface area contributed by atoms with Crippen LogP contribution in [0.25, 0.3) is 0 Å². The van der Waals surface area contributed by atoms with Gasteiger partial charge in [0.25, 0.3) is 0 Å². The van der Waals surface area contributed by atoms with E-state index in [1.807, 2.05) is 0 Å². The molecule has 0 rings (SSSR count). The molecular formula is H7AlLiO5PTi. The Morgan fingerprint density at radius 1 is 1.11 bits per heavy atom. The average molecular weight is 200 g/mol. The van der Waals surface area contributed by atoms with Crippen LogP contribution >= 0.6 is 7.82 Å². The normalized spacial score (nSPS) is 6.89. The van der Waals surface area contributed by atoms with Gasteiger partial charge in [0.15, 0.2) is 17.4 Å². The zero-order chi connectivity index (χ0) is 6.50. The van der Waals surface area contributed by atoms with Crippen molar-refractivity contribution < 1.29 is 43.0 Å². The summed E-state index contributed by atoms with van der Waals surface area (Å²) < 4.78 is 17.1. The molecule has 0 atom stereocenters. The van der Waals surface area contributed by atoms with Gasteiger partial charge in [-0.3, -0.25) is 0 Å². The summed E-state index contributed by atoms with van der Waals surface area (Å²) in [4.78, 5) is 21.6. The topological polar surface area (TPSA) is 94.8 Å². The molecule has 0 saturated carbocycles. The van der Waals surface area contributed by atoms with E-state index in [0.717, 1.165) is 20.4 Å². The van der Waals surface area contributed by atoms with E-state index in [-0.39, 0.29) is 36.2 Å². The Kier molecular flexibility index (Phi) is 31.0. The minimum absolute atomic E-state index is 0. The van der Waals surface area contributed by atoms with Crippen LogP contribution in [-0.4, -0.2) is 50.9 Å². The van der Waals surface area contributed by atoms with Crippen molar-refractivity contribution in [1.82, 2.24) is 0 Å². The van der Waals surface area contributed by atoms with Gasteiger partial charge in [0.1, 0.15) is 0 Å². The van der Waals surface area contributed by atoms with E-state index in [1.165, 1.54) is 0 Å². The molecule has 0 aromatic carbocycles. The quantitative estimate of drug-likeness (QED) is 0.288. The molecule has 0 aromatic heterocycles. The van der Waals surface area contributed by atoms with Gasteiger partial charge in [0, 0.05) is 0 Å². The molecule has 9 heteroatoms. The van der Waals surface area contributed by atoms with Gasteiger partial charge in [-0.1, -0.05) is 0 Å². The van der Waals surface area contributed by atoms with Gasteiger partial charge in [-0.15, -0.1) is 0 Å². The van der Waals surface area contributed by atoms with E-state index >= 15 is 0 Å². The zero-order valence-corrected chi connectivity index (χ0v) is 5.56. The number of rotatable bonds is 0. The van der Waals surface area contributed by atoms with Crippen molar-refractivity contribution in [2.75, 3.05) is 0 Å². The Morgan fingerprint density at radius 2 is 1.11 bits per heavy atom. The molecule has 3 N–H and O–H groups in total. The molecule has 50 valence electrons. The second-order valence-electron chi connectivity index (χ2n) is 0.513. The maximum atomic E-state index is 8.88. The van der Waals surface area contributed by atoms with Crippen LogP contribution < -0.4 is 0 Å². The van der Waals surface area contributed by atoms with Gasteiger partial charge in [-0.2, -0.15) is 0 Å². The van der Waals surface area contributed by atoms with E-state index in [4.69, 9.17) is 22.6 Å². The third kappa shape index (κ3) is 191. The van der Waals surface area contributed by atoms with Crippen LogP contribution in [0.1, 0.15) is 0 Å². The zero-order valence-electron chi connectivity index (χ0n) is 3.11. The number of hydrogen-bond donors (Lipinski definition) is 3. The van der Waals surface area contributed by atoms with Gasteiger partial charge in [-0.05, 0) is 0 Å². The van der Waals surface area contributed by atoms with Crippen molar-refractivity contribution in [2.45, 2.75) is 0 Å². The van der Waals surface area contributed by atoms with Crippen molar-refractivity contribution in [3.63, 3.8) is 0 Å². The third-order valence-electron chi connectivity index (χ3n) is 0. The first-order valence-electron chi connectivity index (χ1n) is 0.987. The summed E-state index contributed by atoms with van der Waals surface area (Å²) in [5.41, 5.74) is 0. The summed E-state index contributed by atoms with van der Waals surface area (Å²) in [5.74, 6) is 0. The molecule has 0 fully saturated rings. The molecule has 0 aliphatic rings. The summed E-state index contributed by atoms with van der Waals surface area (Å²) in [6.45, 7) is 0. The van der Waals surface area contributed by atoms with Gasteiger partial charge < -0.3 is 14.7 Å². The Balaban J connectivity index is -0.0000000286. The molecule has 0 aromatic rings. The first kappa shape index (κ1) is 22.4. The minimum atomic E-state index is -4.64. The Morgan fingerprint density at radius 3 is 1.11 bits per heavy atom. The first-order valence-corrected chi connectivity index (χ1v) is 3.19. The maximum absolute atomic E-state index is 8.88. The van der Waals surface area contributed by atoms with Crippen molar-refractivity contribution >= 4 is 44.0 Å². The molecule has 0 spiro atoms. The SMILES string of the molecule is O=P(O)(O)O.[AlH3].[LiH].[O]=[Ti]. The summed E-state index contributed by atoms with van der Waals surface area (Å²) in [6, 6.07) is 0. The van der Waals surface area contributed by atoms with Gasteiger partial charge in [-0.25, -0.2) is 4.57 Å². The van der Waals surface area contributed by atoms with Crippen LogP contribution in [0.5, 0.6) is 0 Å². The fraction of sp³-hybridized carbons (Fsp3) is 0. The summed E-state index contributed by atoms with van der Waals surface area (Å²) >= 11 is 0.750. The van der Waals surface area contributed by atoms with Gasteiger partial charge in [0.05, 0.1) is 0 Å². The summed E-state index contributed by atoms with van der Waals surface area (Å²) in [7, 11) is -4.64. The van der Waals surface area contributed by atoms with Crippen molar-refractivity contribution in [3.8, 4) is 0 Å². The van der Waals surface area contributed by atoms with Crippen LogP contribution in [0.15, 0.2) is 0 Å². The molecule has 0 heterocycles. The van der Waals surface area contributed by atoms with Crippen LogP contribution in [-0.2, 0) is 28.3 Å². The monoisotopic (exact) mass is 200 g/mol. The van der Waals surface area contributed by atoms with E-state index in [9.17, 15) is 0 Å². The second-order valence-corrected chi connectivity index (χ2v) is 1.54. The molecule has 0 aliphatic heterocycles. The predicted molar refractivity (Wildman–Crippen MR) is 32.0 cm³/mol. The molecule has 5 nitrogen and oxygen atoms in total. The Hall–Kier alpha value is 1.75. The fourth-order valence-electron chi connectivity index (χ4n) is 0. The second kappa shape index (κ2) is 12.4. The number of phosphoric acid groups is 1. The van der Waals surface area contributed by atoms with Gasteiger partial charge in [0.2, 0.25) is 0 Å². The van der Waals surface area contributed by atoms with Crippen molar-refractivity contribution in [1.29, 1.82) is 0 Å². The molecule has 0 amide bonds. The van der Waals surface area contributed by atoms with Crippen molar-refractivity contribution in [2.24, 2.45) is 0 Å². The Bertz CT molecular complexity index is 72.8. The third-order valence-corrected chi connectivity index (χ3v) is 0. The standard InChI is InChI=1S/Al.Li.H3O4P.O.Ti.4H/c;;1-5(2,3)4;;;;;;/h;;(H3,1,2,3,4);;;;;;. The predicted octanol–water partition coefficient (Wildman–Crippen LogP) is -2.88. The summed E-state index contributed by atoms with van der Waals surface area (Å²) in [5, 5.41) is 0. The molecular weight excluding hydrogens is 193 g/mol. The Labute approximate surface area is 86.5 Å².